The smallest absolute Gasteiger partial charge is 0.355 e. The Bertz CT molecular complexity index is 1050. The second-order valence-electron chi connectivity index (χ2n) is 5.83. The first-order valence-corrected chi connectivity index (χ1v) is 8.66. The average Bonchev–Trinajstić information content (AvgIpc) is 3.31. The molecule has 4 rings (SSSR count). The highest BCUT2D eigenvalue weighted by Crippen LogP contribution is 2.22. The van der Waals surface area contributed by atoms with Crippen LogP contribution in [0.1, 0.15) is 27.5 Å². The molecule has 1 N–H and O–H groups in total. The van der Waals surface area contributed by atoms with Crippen LogP contribution in [0.3, 0.4) is 0 Å². The minimum Gasteiger partial charge on any atom is -0.451 e. The van der Waals surface area contributed by atoms with Gasteiger partial charge in [-0.05, 0) is 48.6 Å². The van der Waals surface area contributed by atoms with Gasteiger partial charge in [0.1, 0.15) is 5.69 Å². The molecule has 0 aliphatic heterocycles. The number of esters is 1. The van der Waals surface area contributed by atoms with E-state index in [-0.39, 0.29) is 12.5 Å². The molecule has 0 atom stereocenters. The van der Waals surface area contributed by atoms with Crippen LogP contribution in [0.4, 0.5) is 0 Å². The first-order valence-electron chi connectivity index (χ1n) is 7.72. The van der Waals surface area contributed by atoms with Crippen molar-refractivity contribution < 1.29 is 14.1 Å². The molecule has 0 aliphatic carbocycles. The molecule has 0 unspecified atom stereocenters. The van der Waals surface area contributed by atoms with Crippen LogP contribution < -0.4 is 0 Å². The van der Waals surface area contributed by atoms with Crippen molar-refractivity contribution in [2.24, 2.45) is 0 Å². The number of benzene rings is 1. The van der Waals surface area contributed by atoms with E-state index in [9.17, 15) is 4.79 Å². The number of aromatic amines is 1. The third kappa shape index (κ3) is 3.06. The zero-order valence-electron chi connectivity index (χ0n) is 13.7. The molecule has 0 spiro atoms. The van der Waals surface area contributed by atoms with Crippen molar-refractivity contribution in [2.75, 3.05) is 0 Å². The number of nitrogens with zero attached hydrogens (tertiary/aromatic N) is 2. The topological polar surface area (TPSA) is 81.0 Å². The van der Waals surface area contributed by atoms with E-state index in [0.29, 0.717) is 11.5 Å². The van der Waals surface area contributed by atoms with E-state index in [0.717, 1.165) is 27.6 Å². The van der Waals surface area contributed by atoms with Gasteiger partial charge in [-0.15, -0.1) is 0 Å². The van der Waals surface area contributed by atoms with Crippen molar-refractivity contribution in [1.82, 2.24) is 15.1 Å². The highest BCUT2D eigenvalue weighted by molar-refractivity contribution is 7.08. The number of aryl methyl sites for hydroxylation is 2. The van der Waals surface area contributed by atoms with Gasteiger partial charge < -0.3 is 14.2 Å². The normalized spacial score (nSPS) is 11.1. The molecule has 0 saturated heterocycles. The molecular weight excluding hydrogens is 338 g/mol. The molecule has 25 heavy (non-hydrogen) atoms. The molecule has 126 valence electrons. The molecule has 0 saturated carbocycles. The SMILES string of the molecule is Cc1cc(C)c2cc(C(=O)OCc3nc(-c4ccsc4)no3)[nH]c2c1. The maximum atomic E-state index is 12.3. The molecule has 1 aromatic carbocycles. The van der Waals surface area contributed by atoms with Crippen molar-refractivity contribution in [3.8, 4) is 11.4 Å². The third-order valence-corrected chi connectivity index (χ3v) is 4.57. The molecule has 0 bridgehead atoms. The van der Waals surface area contributed by atoms with Gasteiger partial charge in [0, 0.05) is 21.8 Å². The van der Waals surface area contributed by atoms with Crippen LogP contribution in [0, 0.1) is 13.8 Å². The molecule has 0 amide bonds. The second-order valence-corrected chi connectivity index (χ2v) is 6.61. The lowest BCUT2D eigenvalue weighted by atomic mass is 10.1. The zero-order chi connectivity index (χ0) is 17.4. The third-order valence-electron chi connectivity index (χ3n) is 3.88. The first kappa shape index (κ1) is 15.6. The Morgan fingerprint density at radius 3 is 3.00 bits per heavy atom. The molecule has 3 heterocycles. The summed E-state index contributed by atoms with van der Waals surface area (Å²) in [4.78, 5) is 19.6. The van der Waals surface area contributed by atoms with E-state index in [2.05, 4.69) is 21.2 Å². The van der Waals surface area contributed by atoms with Crippen LogP contribution in [0.2, 0.25) is 0 Å². The Labute approximate surface area is 147 Å². The number of fused-ring (bicyclic) bond motifs is 1. The summed E-state index contributed by atoms with van der Waals surface area (Å²) in [5.41, 5.74) is 4.46. The quantitative estimate of drug-likeness (QED) is 0.555. The van der Waals surface area contributed by atoms with Crippen LogP contribution in [0.25, 0.3) is 22.3 Å². The monoisotopic (exact) mass is 353 g/mol. The second kappa shape index (κ2) is 6.18. The lowest BCUT2D eigenvalue weighted by molar-refractivity contribution is 0.0424. The van der Waals surface area contributed by atoms with Gasteiger partial charge in [0.15, 0.2) is 6.61 Å². The summed E-state index contributed by atoms with van der Waals surface area (Å²) in [6.07, 6.45) is 0. The van der Waals surface area contributed by atoms with E-state index < -0.39 is 5.97 Å². The summed E-state index contributed by atoms with van der Waals surface area (Å²) < 4.78 is 10.4. The van der Waals surface area contributed by atoms with Gasteiger partial charge in [0.25, 0.3) is 5.89 Å². The Balaban J connectivity index is 1.48. The number of rotatable bonds is 4. The average molecular weight is 353 g/mol. The summed E-state index contributed by atoms with van der Waals surface area (Å²) in [7, 11) is 0. The highest BCUT2D eigenvalue weighted by Gasteiger charge is 2.15. The van der Waals surface area contributed by atoms with E-state index in [1.54, 1.807) is 17.4 Å². The number of carbonyl (C=O) groups is 1. The van der Waals surface area contributed by atoms with E-state index in [1.165, 1.54) is 0 Å². The number of ether oxygens (including phenoxy) is 1. The van der Waals surface area contributed by atoms with Gasteiger partial charge >= 0.3 is 5.97 Å². The van der Waals surface area contributed by atoms with Crippen LogP contribution >= 0.6 is 11.3 Å². The van der Waals surface area contributed by atoms with Crippen LogP contribution in [0.5, 0.6) is 0 Å². The number of thiophene rings is 1. The van der Waals surface area contributed by atoms with Gasteiger partial charge in [-0.25, -0.2) is 4.79 Å². The molecule has 0 fully saturated rings. The summed E-state index contributed by atoms with van der Waals surface area (Å²) >= 11 is 1.55. The van der Waals surface area contributed by atoms with Gasteiger partial charge in [-0.3, -0.25) is 0 Å². The van der Waals surface area contributed by atoms with Gasteiger partial charge in [0.05, 0.1) is 0 Å². The van der Waals surface area contributed by atoms with E-state index in [1.807, 2.05) is 36.7 Å². The molecule has 4 aromatic rings. The van der Waals surface area contributed by atoms with Crippen molar-refractivity contribution >= 4 is 28.2 Å². The van der Waals surface area contributed by atoms with Crippen molar-refractivity contribution in [2.45, 2.75) is 20.5 Å². The first-order chi connectivity index (χ1) is 12.1. The molecule has 3 aromatic heterocycles. The minimum absolute atomic E-state index is 0.0661. The van der Waals surface area contributed by atoms with E-state index >= 15 is 0 Å². The maximum absolute atomic E-state index is 12.3. The molecule has 0 radical (unpaired) electrons. The van der Waals surface area contributed by atoms with Crippen LogP contribution in [0.15, 0.2) is 39.5 Å². The fraction of sp³-hybridized carbons (Fsp3) is 0.167. The molecule has 6 nitrogen and oxygen atoms in total. The Kier molecular flexibility index (Phi) is 3.85. The standard InChI is InChI=1S/C18H15N3O3S/c1-10-5-11(2)13-7-15(19-14(13)6-10)18(22)23-8-16-20-17(21-24-16)12-3-4-25-9-12/h3-7,9,19H,8H2,1-2H3. The van der Waals surface area contributed by atoms with Crippen LogP contribution in [-0.4, -0.2) is 21.1 Å². The number of aromatic nitrogens is 3. The van der Waals surface area contributed by atoms with Crippen molar-refractivity contribution in [3.63, 3.8) is 0 Å². The molecule has 7 heteroatoms. The molecule has 0 aliphatic rings. The fourth-order valence-electron chi connectivity index (χ4n) is 2.74. The van der Waals surface area contributed by atoms with Gasteiger partial charge in [-0.1, -0.05) is 11.2 Å². The lowest BCUT2D eigenvalue weighted by Crippen LogP contribution is -2.05. The molecular formula is C18H15N3O3S. The summed E-state index contributed by atoms with van der Waals surface area (Å²) in [6.45, 7) is 3.97. The van der Waals surface area contributed by atoms with E-state index in [4.69, 9.17) is 9.26 Å². The predicted molar refractivity (Wildman–Crippen MR) is 94.5 cm³/mol. The Hall–Kier alpha value is -2.93. The number of hydrogen-bond donors (Lipinski definition) is 1. The van der Waals surface area contributed by atoms with Crippen molar-refractivity contribution in [3.05, 3.63) is 57.7 Å². The summed E-state index contributed by atoms with van der Waals surface area (Å²) in [5.74, 6) is 0.297. The zero-order valence-corrected chi connectivity index (χ0v) is 14.5. The maximum Gasteiger partial charge on any atom is 0.355 e. The largest absolute Gasteiger partial charge is 0.451 e. The number of H-pyrrole nitrogens is 1. The summed E-state index contributed by atoms with van der Waals surface area (Å²) in [5, 5.41) is 8.76. The number of hydrogen-bond acceptors (Lipinski definition) is 6. The Morgan fingerprint density at radius 2 is 2.20 bits per heavy atom. The van der Waals surface area contributed by atoms with Gasteiger partial charge in [-0.2, -0.15) is 16.3 Å². The highest BCUT2D eigenvalue weighted by atomic mass is 32.1. The van der Waals surface area contributed by atoms with Crippen LogP contribution in [-0.2, 0) is 11.3 Å². The van der Waals surface area contributed by atoms with Gasteiger partial charge in [0.2, 0.25) is 5.82 Å². The number of nitrogens with one attached hydrogen (secondary N) is 1. The predicted octanol–water partition coefficient (Wildman–Crippen LogP) is 4.25. The summed E-state index contributed by atoms with van der Waals surface area (Å²) in [6, 6.07) is 7.79. The lowest BCUT2D eigenvalue weighted by Gasteiger charge is -1.98. The number of carbonyl (C=O) groups excluding carboxylic acids is 1. The Morgan fingerprint density at radius 1 is 1.32 bits per heavy atom. The fourth-order valence-corrected chi connectivity index (χ4v) is 3.37. The van der Waals surface area contributed by atoms with Crippen molar-refractivity contribution in [1.29, 1.82) is 0 Å². The minimum atomic E-state index is -0.455.